The summed E-state index contributed by atoms with van der Waals surface area (Å²) >= 11 is 1.66. The predicted molar refractivity (Wildman–Crippen MR) is 71.3 cm³/mol. The fourth-order valence-electron chi connectivity index (χ4n) is 1.33. The molecule has 2 amide bonds. The third kappa shape index (κ3) is 4.34. The second-order valence-corrected chi connectivity index (χ2v) is 5.68. The zero-order valence-electron chi connectivity index (χ0n) is 11.2. The molecule has 5 heteroatoms. The number of urea groups is 1. The van der Waals surface area contributed by atoms with Crippen molar-refractivity contribution in [2.24, 2.45) is 0 Å². The van der Waals surface area contributed by atoms with Crippen molar-refractivity contribution in [3.8, 4) is 0 Å². The van der Waals surface area contributed by atoms with Gasteiger partial charge >= 0.3 is 6.03 Å². The Hall–Kier alpha value is -1.10. The van der Waals surface area contributed by atoms with Crippen molar-refractivity contribution < 1.29 is 4.79 Å². The molecule has 0 unspecified atom stereocenters. The highest BCUT2D eigenvalue weighted by Gasteiger charge is 2.12. The second kappa shape index (κ2) is 6.00. The molecule has 1 heterocycles. The Morgan fingerprint density at radius 1 is 1.47 bits per heavy atom. The van der Waals surface area contributed by atoms with E-state index in [1.165, 1.54) is 0 Å². The molecule has 17 heavy (non-hydrogen) atoms. The van der Waals surface area contributed by atoms with Gasteiger partial charge in [-0.3, -0.25) is 0 Å². The zero-order chi connectivity index (χ0) is 13.0. The largest absolute Gasteiger partial charge is 0.336 e. The van der Waals surface area contributed by atoms with E-state index < -0.39 is 0 Å². The summed E-state index contributed by atoms with van der Waals surface area (Å²) in [6.45, 7) is 8.70. The maximum absolute atomic E-state index is 11.7. The van der Waals surface area contributed by atoms with Crippen molar-refractivity contribution >= 4 is 17.4 Å². The van der Waals surface area contributed by atoms with Crippen molar-refractivity contribution in [3.05, 3.63) is 16.1 Å². The maximum atomic E-state index is 11.7. The summed E-state index contributed by atoms with van der Waals surface area (Å²) in [5.74, 6) is 0.448. The number of thiazole rings is 1. The zero-order valence-corrected chi connectivity index (χ0v) is 12.0. The Balaban J connectivity index is 2.55. The van der Waals surface area contributed by atoms with E-state index in [-0.39, 0.29) is 12.1 Å². The Morgan fingerprint density at radius 2 is 2.12 bits per heavy atom. The predicted octanol–water partition coefficient (Wildman–Crippen LogP) is 2.82. The number of hydrogen-bond acceptors (Lipinski definition) is 3. The molecule has 4 nitrogen and oxygen atoms in total. The summed E-state index contributed by atoms with van der Waals surface area (Å²) in [6, 6.07) is 0.103. The van der Waals surface area contributed by atoms with Crippen LogP contribution in [0.3, 0.4) is 0 Å². The first-order valence-electron chi connectivity index (χ1n) is 5.86. The number of amides is 2. The van der Waals surface area contributed by atoms with Gasteiger partial charge in [-0.05, 0) is 13.8 Å². The van der Waals surface area contributed by atoms with Gasteiger partial charge in [0.25, 0.3) is 0 Å². The molecule has 0 aliphatic heterocycles. The SMILES string of the molecule is CC(C)NC(=O)N(C)Cc1csc(C(C)C)n1. The standard InChI is InChI=1S/C12H21N3OS/c1-8(2)11-14-10(7-17-11)6-15(5)12(16)13-9(3)4/h7-9H,6H2,1-5H3,(H,13,16). The van der Waals surface area contributed by atoms with Gasteiger partial charge in [-0.15, -0.1) is 11.3 Å². The van der Waals surface area contributed by atoms with E-state index in [0.29, 0.717) is 12.5 Å². The van der Waals surface area contributed by atoms with E-state index >= 15 is 0 Å². The van der Waals surface area contributed by atoms with E-state index in [9.17, 15) is 4.79 Å². The lowest BCUT2D eigenvalue weighted by atomic mass is 10.2. The van der Waals surface area contributed by atoms with Crippen LogP contribution in [0.1, 0.15) is 44.3 Å². The first-order valence-corrected chi connectivity index (χ1v) is 6.74. The molecule has 0 saturated carbocycles. The first kappa shape index (κ1) is 14.0. The van der Waals surface area contributed by atoms with E-state index in [1.807, 2.05) is 19.2 Å². The number of rotatable bonds is 4. The maximum Gasteiger partial charge on any atom is 0.317 e. The van der Waals surface area contributed by atoms with E-state index in [1.54, 1.807) is 23.3 Å². The minimum Gasteiger partial charge on any atom is -0.336 e. The van der Waals surface area contributed by atoms with Crippen LogP contribution in [0, 0.1) is 0 Å². The van der Waals surface area contributed by atoms with Gasteiger partial charge in [0.15, 0.2) is 0 Å². The highest BCUT2D eigenvalue weighted by Crippen LogP contribution is 2.19. The molecule has 0 aliphatic rings. The van der Waals surface area contributed by atoms with Crippen molar-refractivity contribution in [2.45, 2.75) is 46.2 Å². The molecule has 0 fully saturated rings. The van der Waals surface area contributed by atoms with Crippen LogP contribution in [-0.4, -0.2) is 29.0 Å². The van der Waals surface area contributed by atoms with Gasteiger partial charge in [0, 0.05) is 24.4 Å². The smallest absolute Gasteiger partial charge is 0.317 e. The molecule has 0 bridgehead atoms. The third-order valence-corrected chi connectivity index (χ3v) is 3.42. The number of aromatic nitrogens is 1. The number of nitrogens with zero attached hydrogens (tertiary/aromatic N) is 2. The lowest BCUT2D eigenvalue weighted by molar-refractivity contribution is 0.204. The minimum atomic E-state index is -0.0564. The van der Waals surface area contributed by atoms with Crippen molar-refractivity contribution in [2.75, 3.05) is 7.05 Å². The number of hydrogen-bond donors (Lipinski definition) is 1. The molecular formula is C12H21N3OS. The summed E-state index contributed by atoms with van der Waals surface area (Å²) in [5.41, 5.74) is 0.958. The van der Waals surface area contributed by atoms with E-state index in [0.717, 1.165) is 10.7 Å². The molecule has 0 aliphatic carbocycles. The summed E-state index contributed by atoms with van der Waals surface area (Å²) in [6.07, 6.45) is 0. The van der Waals surface area contributed by atoms with Gasteiger partial charge in [-0.2, -0.15) is 0 Å². The number of nitrogens with one attached hydrogen (secondary N) is 1. The van der Waals surface area contributed by atoms with Gasteiger partial charge in [0.1, 0.15) is 0 Å². The average molecular weight is 255 g/mol. The molecule has 1 rings (SSSR count). The van der Waals surface area contributed by atoms with Crippen LogP contribution in [0.4, 0.5) is 4.79 Å². The van der Waals surface area contributed by atoms with Crippen molar-refractivity contribution in [1.29, 1.82) is 0 Å². The van der Waals surface area contributed by atoms with Gasteiger partial charge in [0.2, 0.25) is 0 Å². The molecule has 0 spiro atoms. The molecule has 0 aromatic carbocycles. The lowest BCUT2D eigenvalue weighted by Gasteiger charge is -2.18. The van der Waals surface area contributed by atoms with Crippen LogP contribution in [0.25, 0.3) is 0 Å². The highest BCUT2D eigenvalue weighted by molar-refractivity contribution is 7.09. The Morgan fingerprint density at radius 3 is 2.59 bits per heavy atom. The minimum absolute atomic E-state index is 0.0564. The average Bonchev–Trinajstić information content (AvgIpc) is 2.65. The van der Waals surface area contributed by atoms with Gasteiger partial charge in [0.05, 0.1) is 17.2 Å². The second-order valence-electron chi connectivity index (χ2n) is 4.79. The molecular weight excluding hydrogens is 234 g/mol. The number of carbonyl (C=O) groups excluding carboxylic acids is 1. The van der Waals surface area contributed by atoms with Crippen molar-refractivity contribution in [1.82, 2.24) is 15.2 Å². The Bertz CT molecular complexity index is 374. The third-order valence-electron chi connectivity index (χ3n) is 2.22. The molecule has 1 aromatic heterocycles. The Kier molecular flexibility index (Phi) is 4.93. The van der Waals surface area contributed by atoms with Crippen LogP contribution in [-0.2, 0) is 6.54 Å². The Labute approximate surface area is 107 Å². The van der Waals surface area contributed by atoms with Crippen LogP contribution >= 0.6 is 11.3 Å². The monoisotopic (exact) mass is 255 g/mol. The summed E-state index contributed by atoms with van der Waals surface area (Å²) in [5, 5.41) is 6.00. The van der Waals surface area contributed by atoms with Gasteiger partial charge in [-0.1, -0.05) is 13.8 Å². The summed E-state index contributed by atoms with van der Waals surface area (Å²) < 4.78 is 0. The van der Waals surface area contributed by atoms with E-state index in [2.05, 4.69) is 24.1 Å². The first-order chi connectivity index (χ1) is 7.90. The van der Waals surface area contributed by atoms with E-state index in [4.69, 9.17) is 0 Å². The van der Waals surface area contributed by atoms with Crippen molar-refractivity contribution in [3.63, 3.8) is 0 Å². The van der Waals surface area contributed by atoms with Crippen LogP contribution in [0.15, 0.2) is 5.38 Å². The molecule has 1 N–H and O–H groups in total. The van der Waals surface area contributed by atoms with Gasteiger partial charge in [-0.25, -0.2) is 9.78 Å². The fraction of sp³-hybridized carbons (Fsp3) is 0.667. The summed E-state index contributed by atoms with van der Waals surface area (Å²) in [7, 11) is 1.78. The molecule has 0 saturated heterocycles. The molecule has 0 atom stereocenters. The lowest BCUT2D eigenvalue weighted by Crippen LogP contribution is -2.40. The van der Waals surface area contributed by atoms with Crippen LogP contribution in [0.2, 0.25) is 0 Å². The topological polar surface area (TPSA) is 45.2 Å². The molecule has 1 aromatic rings. The molecule has 0 radical (unpaired) electrons. The number of carbonyl (C=O) groups is 1. The summed E-state index contributed by atoms with van der Waals surface area (Å²) in [4.78, 5) is 17.8. The van der Waals surface area contributed by atoms with Crippen LogP contribution < -0.4 is 5.32 Å². The van der Waals surface area contributed by atoms with Crippen LogP contribution in [0.5, 0.6) is 0 Å². The quantitative estimate of drug-likeness (QED) is 0.899. The van der Waals surface area contributed by atoms with Gasteiger partial charge < -0.3 is 10.2 Å². The highest BCUT2D eigenvalue weighted by atomic mass is 32.1. The normalized spacial score (nSPS) is 11.0. The fourth-order valence-corrected chi connectivity index (χ4v) is 2.16. The molecule has 96 valence electrons.